The Morgan fingerprint density at radius 2 is 1.90 bits per heavy atom. The Morgan fingerprint density at radius 1 is 1.14 bits per heavy atom. The van der Waals surface area contributed by atoms with Gasteiger partial charge in [-0.15, -0.1) is 0 Å². The van der Waals surface area contributed by atoms with Crippen molar-refractivity contribution in [2.45, 2.75) is 76.8 Å². The SMILES string of the molecule is CC(Cc1ccc2c(c1)CCN2)NC1CCCCCCC1. The molecule has 0 radical (unpaired) electrons. The molecule has 1 atom stereocenters. The molecule has 1 aromatic rings. The zero-order valence-electron chi connectivity index (χ0n) is 13.5. The average Bonchev–Trinajstić information content (AvgIpc) is 2.89. The van der Waals surface area contributed by atoms with Gasteiger partial charge in [0.25, 0.3) is 0 Å². The predicted octanol–water partition coefficient (Wildman–Crippen LogP) is 4.29. The standard InChI is InChI=1S/C19H30N2/c1-15(21-18-7-5-3-2-4-6-8-18)13-16-9-10-19-17(14-16)11-12-20-19/h9-10,14-15,18,20-21H,2-8,11-13H2,1H3. The third-order valence-corrected chi connectivity index (χ3v) is 5.05. The molecule has 0 bridgehead atoms. The van der Waals surface area contributed by atoms with Gasteiger partial charge in [0.1, 0.15) is 0 Å². The van der Waals surface area contributed by atoms with E-state index in [0.717, 1.165) is 19.0 Å². The molecular weight excluding hydrogens is 256 g/mol. The molecule has 1 heterocycles. The first kappa shape index (κ1) is 14.9. The average molecular weight is 286 g/mol. The molecule has 3 rings (SSSR count). The molecule has 2 nitrogen and oxygen atoms in total. The van der Waals surface area contributed by atoms with Crippen molar-refractivity contribution < 1.29 is 0 Å². The molecule has 1 unspecified atom stereocenters. The summed E-state index contributed by atoms with van der Waals surface area (Å²) in [6.07, 6.45) is 12.2. The van der Waals surface area contributed by atoms with E-state index in [1.54, 1.807) is 0 Å². The van der Waals surface area contributed by atoms with Crippen LogP contribution in [0.15, 0.2) is 18.2 Å². The first-order valence-electron chi connectivity index (χ1n) is 8.93. The first-order chi connectivity index (χ1) is 10.3. The van der Waals surface area contributed by atoms with Gasteiger partial charge in [-0.1, -0.05) is 44.2 Å². The van der Waals surface area contributed by atoms with E-state index in [2.05, 4.69) is 35.8 Å². The molecule has 0 amide bonds. The lowest BCUT2D eigenvalue weighted by atomic mass is 9.95. The summed E-state index contributed by atoms with van der Waals surface area (Å²) in [5, 5.41) is 7.33. The van der Waals surface area contributed by atoms with Crippen LogP contribution >= 0.6 is 0 Å². The van der Waals surface area contributed by atoms with E-state index < -0.39 is 0 Å². The third-order valence-electron chi connectivity index (χ3n) is 5.05. The Bertz CT molecular complexity index is 447. The van der Waals surface area contributed by atoms with Gasteiger partial charge < -0.3 is 10.6 Å². The van der Waals surface area contributed by atoms with E-state index in [0.29, 0.717) is 6.04 Å². The van der Waals surface area contributed by atoms with Crippen LogP contribution in [0, 0.1) is 0 Å². The highest BCUT2D eigenvalue weighted by Crippen LogP contribution is 2.24. The Morgan fingerprint density at radius 3 is 2.71 bits per heavy atom. The molecule has 0 saturated heterocycles. The van der Waals surface area contributed by atoms with Crippen molar-refractivity contribution in [3.63, 3.8) is 0 Å². The molecule has 2 aliphatic rings. The van der Waals surface area contributed by atoms with Gasteiger partial charge in [0.05, 0.1) is 0 Å². The lowest BCUT2D eigenvalue weighted by Gasteiger charge is -2.25. The Kier molecular flexibility index (Phi) is 5.18. The van der Waals surface area contributed by atoms with Gasteiger partial charge in [-0.25, -0.2) is 0 Å². The molecular formula is C19H30N2. The van der Waals surface area contributed by atoms with Gasteiger partial charge in [-0.2, -0.15) is 0 Å². The fourth-order valence-electron chi connectivity index (χ4n) is 3.92. The molecule has 1 fully saturated rings. The lowest BCUT2D eigenvalue weighted by molar-refractivity contribution is 0.358. The maximum absolute atomic E-state index is 3.89. The number of hydrogen-bond donors (Lipinski definition) is 2. The van der Waals surface area contributed by atoms with Gasteiger partial charge in [0.2, 0.25) is 0 Å². The van der Waals surface area contributed by atoms with E-state index in [4.69, 9.17) is 0 Å². The molecule has 2 heteroatoms. The quantitative estimate of drug-likeness (QED) is 0.863. The highest BCUT2D eigenvalue weighted by atomic mass is 14.9. The third kappa shape index (κ3) is 4.23. The van der Waals surface area contributed by atoms with Gasteiger partial charge in [-0.05, 0) is 49.8 Å². The van der Waals surface area contributed by atoms with Crippen molar-refractivity contribution in [2.24, 2.45) is 0 Å². The largest absolute Gasteiger partial charge is 0.384 e. The van der Waals surface area contributed by atoms with Gasteiger partial charge in [0, 0.05) is 24.3 Å². The summed E-state index contributed by atoms with van der Waals surface area (Å²) in [6.45, 7) is 3.46. The summed E-state index contributed by atoms with van der Waals surface area (Å²) in [5.74, 6) is 0. The van der Waals surface area contributed by atoms with Crippen molar-refractivity contribution in [1.82, 2.24) is 5.32 Å². The van der Waals surface area contributed by atoms with Crippen LogP contribution in [0.3, 0.4) is 0 Å². The van der Waals surface area contributed by atoms with Crippen LogP contribution in [0.25, 0.3) is 0 Å². The summed E-state index contributed by atoms with van der Waals surface area (Å²) in [6, 6.07) is 8.30. The van der Waals surface area contributed by atoms with Crippen LogP contribution in [0.5, 0.6) is 0 Å². The molecule has 1 aliphatic heterocycles. The van der Waals surface area contributed by atoms with E-state index in [-0.39, 0.29) is 0 Å². The highest BCUT2D eigenvalue weighted by Gasteiger charge is 2.15. The summed E-state index contributed by atoms with van der Waals surface area (Å²) >= 11 is 0. The van der Waals surface area contributed by atoms with Gasteiger partial charge >= 0.3 is 0 Å². The zero-order chi connectivity index (χ0) is 14.5. The highest BCUT2D eigenvalue weighted by molar-refractivity contribution is 5.56. The first-order valence-corrected chi connectivity index (χ1v) is 8.93. The molecule has 1 aliphatic carbocycles. The maximum Gasteiger partial charge on any atom is 0.0373 e. The second kappa shape index (κ2) is 7.31. The van der Waals surface area contributed by atoms with Gasteiger partial charge in [-0.3, -0.25) is 0 Å². The summed E-state index contributed by atoms with van der Waals surface area (Å²) in [5.41, 5.74) is 4.34. The molecule has 0 aromatic heterocycles. The number of fused-ring (bicyclic) bond motifs is 1. The van der Waals surface area contributed by atoms with Crippen molar-refractivity contribution in [1.29, 1.82) is 0 Å². The predicted molar refractivity (Wildman–Crippen MR) is 91.0 cm³/mol. The second-order valence-electron chi connectivity index (χ2n) is 6.98. The molecule has 0 spiro atoms. The van der Waals surface area contributed by atoms with Crippen molar-refractivity contribution >= 4 is 5.69 Å². The van der Waals surface area contributed by atoms with E-state index in [9.17, 15) is 0 Å². The second-order valence-corrected chi connectivity index (χ2v) is 6.98. The minimum absolute atomic E-state index is 0.585. The summed E-state index contributed by atoms with van der Waals surface area (Å²) < 4.78 is 0. The van der Waals surface area contributed by atoms with Crippen LogP contribution < -0.4 is 10.6 Å². The minimum atomic E-state index is 0.585. The minimum Gasteiger partial charge on any atom is -0.384 e. The normalized spacial score (nSPS) is 21.2. The van der Waals surface area contributed by atoms with Crippen LogP contribution in [-0.4, -0.2) is 18.6 Å². The van der Waals surface area contributed by atoms with Crippen LogP contribution in [0.4, 0.5) is 5.69 Å². The van der Waals surface area contributed by atoms with Gasteiger partial charge in [0.15, 0.2) is 0 Å². The Hall–Kier alpha value is -1.02. The molecule has 2 N–H and O–H groups in total. The van der Waals surface area contributed by atoms with Crippen LogP contribution in [-0.2, 0) is 12.8 Å². The van der Waals surface area contributed by atoms with Crippen molar-refractivity contribution in [3.05, 3.63) is 29.3 Å². The molecule has 116 valence electrons. The number of benzene rings is 1. The van der Waals surface area contributed by atoms with Crippen LogP contribution in [0.2, 0.25) is 0 Å². The van der Waals surface area contributed by atoms with E-state index in [1.807, 2.05) is 0 Å². The number of rotatable bonds is 4. The Labute approximate surface area is 129 Å². The smallest absolute Gasteiger partial charge is 0.0373 e. The number of anilines is 1. The van der Waals surface area contributed by atoms with Crippen LogP contribution in [0.1, 0.15) is 63.0 Å². The molecule has 1 aromatic carbocycles. The molecule has 21 heavy (non-hydrogen) atoms. The monoisotopic (exact) mass is 286 g/mol. The number of hydrogen-bond acceptors (Lipinski definition) is 2. The number of nitrogens with one attached hydrogen (secondary N) is 2. The van der Waals surface area contributed by atoms with E-state index in [1.165, 1.54) is 68.2 Å². The zero-order valence-corrected chi connectivity index (χ0v) is 13.5. The Balaban J connectivity index is 1.52. The maximum atomic E-state index is 3.89. The molecule has 1 saturated carbocycles. The fraction of sp³-hybridized carbons (Fsp3) is 0.684. The van der Waals surface area contributed by atoms with E-state index >= 15 is 0 Å². The lowest BCUT2D eigenvalue weighted by Crippen LogP contribution is -2.38. The topological polar surface area (TPSA) is 24.1 Å². The van der Waals surface area contributed by atoms with Crippen molar-refractivity contribution in [3.8, 4) is 0 Å². The summed E-state index contributed by atoms with van der Waals surface area (Å²) in [4.78, 5) is 0. The fourth-order valence-corrected chi connectivity index (χ4v) is 3.92. The van der Waals surface area contributed by atoms with Crippen molar-refractivity contribution in [2.75, 3.05) is 11.9 Å². The summed E-state index contributed by atoms with van der Waals surface area (Å²) in [7, 11) is 0.